The Hall–Kier alpha value is -3.13. The summed E-state index contributed by atoms with van der Waals surface area (Å²) in [6.07, 6.45) is 3.35. The monoisotopic (exact) mass is 396 g/mol. The van der Waals surface area contributed by atoms with E-state index in [1.807, 2.05) is 18.4 Å². The molecule has 0 spiro atoms. The Morgan fingerprint density at radius 3 is 2.93 bits per heavy atom. The summed E-state index contributed by atoms with van der Waals surface area (Å²) in [7, 11) is 0. The third-order valence-electron chi connectivity index (χ3n) is 4.78. The van der Waals surface area contributed by atoms with E-state index < -0.39 is 0 Å². The lowest BCUT2D eigenvalue weighted by Gasteiger charge is -2.20. The van der Waals surface area contributed by atoms with Crippen LogP contribution in [0.5, 0.6) is 0 Å². The van der Waals surface area contributed by atoms with E-state index in [1.54, 1.807) is 46.7 Å². The maximum atomic E-state index is 12.7. The van der Waals surface area contributed by atoms with Gasteiger partial charge in [0.25, 0.3) is 5.91 Å². The van der Waals surface area contributed by atoms with Gasteiger partial charge in [-0.15, -0.1) is 11.3 Å². The van der Waals surface area contributed by atoms with Crippen molar-refractivity contribution in [1.29, 1.82) is 0 Å². The second-order valence-electron chi connectivity index (χ2n) is 6.76. The third kappa shape index (κ3) is 3.50. The maximum absolute atomic E-state index is 12.7. The summed E-state index contributed by atoms with van der Waals surface area (Å²) in [6.45, 7) is 2.39. The molecule has 8 heteroatoms. The highest BCUT2D eigenvalue weighted by Crippen LogP contribution is 2.24. The molecule has 0 saturated heterocycles. The molecule has 2 N–H and O–H groups in total. The van der Waals surface area contributed by atoms with E-state index in [-0.39, 0.29) is 24.0 Å². The van der Waals surface area contributed by atoms with E-state index in [2.05, 4.69) is 10.3 Å². The van der Waals surface area contributed by atoms with Gasteiger partial charge in [-0.3, -0.25) is 14.2 Å². The van der Waals surface area contributed by atoms with E-state index in [9.17, 15) is 14.4 Å². The van der Waals surface area contributed by atoms with Crippen LogP contribution < -0.4 is 11.0 Å². The minimum absolute atomic E-state index is 0.00147. The standard InChI is InChI=1S/C20H20N4O3S/c1-13-11-21-20(27)24(13)15-5-2-4-14(10-15)22-18(25)12-23-8-3-6-17-16(19(23)26)7-9-28-17/h2,4-5,7,9-11H,3,6,8,12H2,1H3,(H,21,27)(H,22,25). The molecular formula is C20H20N4O3S. The van der Waals surface area contributed by atoms with Gasteiger partial charge in [0.2, 0.25) is 5.91 Å². The molecule has 0 aliphatic carbocycles. The van der Waals surface area contributed by atoms with Gasteiger partial charge < -0.3 is 15.2 Å². The molecule has 0 bridgehead atoms. The van der Waals surface area contributed by atoms with Crippen molar-refractivity contribution in [2.24, 2.45) is 0 Å². The van der Waals surface area contributed by atoms with Crippen LogP contribution >= 0.6 is 11.3 Å². The number of imidazole rings is 1. The SMILES string of the molecule is Cc1c[nH]c(=O)n1-c1cccc(NC(=O)CN2CCCc3sccc3C2=O)c1. The molecule has 1 aliphatic heterocycles. The van der Waals surface area contributed by atoms with Crippen LogP contribution in [0.3, 0.4) is 0 Å². The van der Waals surface area contributed by atoms with Crippen molar-refractivity contribution < 1.29 is 9.59 Å². The van der Waals surface area contributed by atoms with E-state index in [1.165, 1.54) is 4.57 Å². The number of fused-ring (bicyclic) bond motifs is 1. The Balaban J connectivity index is 1.48. The molecule has 0 fully saturated rings. The van der Waals surface area contributed by atoms with Crippen molar-refractivity contribution in [1.82, 2.24) is 14.5 Å². The number of amides is 2. The van der Waals surface area contributed by atoms with Crippen LogP contribution in [0.15, 0.2) is 46.7 Å². The van der Waals surface area contributed by atoms with E-state index in [4.69, 9.17) is 0 Å². The molecule has 4 rings (SSSR count). The first-order valence-corrected chi connectivity index (χ1v) is 9.94. The molecule has 2 aromatic heterocycles. The van der Waals surface area contributed by atoms with Crippen molar-refractivity contribution in [3.63, 3.8) is 0 Å². The lowest BCUT2D eigenvalue weighted by Crippen LogP contribution is -2.37. The summed E-state index contributed by atoms with van der Waals surface area (Å²) in [5.41, 5.74) is 2.49. The zero-order valence-corrected chi connectivity index (χ0v) is 16.2. The largest absolute Gasteiger partial charge is 0.330 e. The number of carbonyl (C=O) groups is 2. The fourth-order valence-electron chi connectivity index (χ4n) is 3.45. The average molecular weight is 396 g/mol. The van der Waals surface area contributed by atoms with Crippen molar-refractivity contribution in [2.75, 3.05) is 18.4 Å². The van der Waals surface area contributed by atoms with Crippen LogP contribution in [-0.4, -0.2) is 39.4 Å². The Kier molecular flexibility index (Phi) is 4.87. The number of nitrogens with one attached hydrogen (secondary N) is 2. The predicted octanol–water partition coefficient (Wildman–Crippen LogP) is 2.56. The fourth-order valence-corrected chi connectivity index (χ4v) is 4.36. The average Bonchev–Trinajstić information content (AvgIpc) is 3.23. The van der Waals surface area contributed by atoms with Crippen LogP contribution in [0.25, 0.3) is 5.69 Å². The summed E-state index contributed by atoms with van der Waals surface area (Å²) in [5.74, 6) is -0.352. The van der Waals surface area contributed by atoms with Crippen LogP contribution in [-0.2, 0) is 11.2 Å². The van der Waals surface area contributed by atoms with Crippen LogP contribution in [0.4, 0.5) is 5.69 Å². The first-order valence-electron chi connectivity index (χ1n) is 9.06. The second-order valence-corrected chi connectivity index (χ2v) is 7.76. The summed E-state index contributed by atoms with van der Waals surface area (Å²) < 4.78 is 1.53. The number of hydrogen-bond acceptors (Lipinski definition) is 4. The first kappa shape index (κ1) is 18.2. The first-order chi connectivity index (χ1) is 13.5. The number of anilines is 1. The molecule has 0 saturated carbocycles. The summed E-state index contributed by atoms with van der Waals surface area (Å²) in [6, 6.07) is 8.91. The Morgan fingerprint density at radius 1 is 1.29 bits per heavy atom. The smallest absolute Gasteiger partial charge is 0.329 e. The number of benzene rings is 1. The normalized spacial score (nSPS) is 13.9. The number of aromatic amines is 1. The molecule has 7 nitrogen and oxygen atoms in total. The lowest BCUT2D eigenvalue weighted by atomic mass is 10.2. The number of aromatic nitrogens is 2. The van der Waals surface area contributed by atoms with Gasteiger partial charge in [0.1, 0.15) is 6.54 Å². The number of carbonyl (C=O) groups excluding carboxylic acids is 2. The number of aryl methyl sites for hydroxylation is 2. The van der Waals surface area contributed by atoms with Crippen LogP contribution in [0, 0.1) is 6.92 Å². The van der Waals surface area contributed by atoms with Crippen molar-refractivity contribution >= 4 is 28.8 Å². The molecular weight excluding hydrogens is 376 g/mol. The van der Waals surface area contributed by atoms with Gasteiger partial charge >= 0.3 is 5.69 Å². The molecule has 0 radical (unpaired) electrons. The molecule has 0 unspecified atom stereocenters. The molecule has 1 aromatic carbocycles. The minimum Gasteiger partial charge on any atom is -0.329 e. The van der Waals surface area contributed by atoms with Crippen LogP contribution in [0.2, 0.25) is 0 Å². The zero-order valence-electron chi connectivity index (χ0n) is 15.4. The van der Waals surface area contributed by atoms with Gasteiger partial charge in [-0.2, -0.15) is 0 Å². The van der Waals surface area contributed by atoms with Gasteiger partial charge in [0.05, 0.1) is 11.3 Å². The fraction of sp³-hybridized carbons (Fsp3) is 0.250. The summed E-state index contributed by atoms with van der Waals surface area (Å²) in [4.78, 5) is 42.5. The number of thiophene rings is 1. The van der Waals surface area contributed by atoms with Crippen molar-refractivity contribution in [3.05, 3.63) is 68.5 Å². The van der Waals surface area contributed by atoms with Crippen LogP contribution in [0.1, 0.15) is 27.3 Å². The topological polar surface area (TPSA) is 87.2 Å². The van der Waals surface area contributed by atoms with Crippen molar-refractivity contribution in [3.8, 4) is 5.69 Å². The molecule has 144 valence electrons. The highest BCUT2D eigenvalue weighted by atomic mass is 32.1. The van der Waals surface area contributed by atoms with E-state index >= 15 is 0 Å². The Bertz CT molecular complexity index is 1090. The number of H-pyrrole nitrogens is 1. The highest BCUT2D eigenvalue weighted by Gasteiger charge is 2.24. The maximum Gasteiger partial charge on any atom is 0.330 e. The second kappa shape index (κ2) is 7.47. The van der Waals surface area contributed by atoms with Crippen molar-refractivity contribution in [2.45, 2.75) is 19.8 Å². The predicted molar refractivity (Wildman–Crippen MR) is 108 cm³/mol. The lowest BCUT2D eigenvalue weighted by molar-refractivity contribution is -0.116. The zero-order chi connectivity index (χ0) is 19.7. The van der Waals surface area contributed by atoms with E-state index in [0.717, 1.165) is 23.4 Å². The number of hydrogen-bond donors (Lipinski definition) is 2. The molecule has 28 heavy (non-hydrogen) atoms. The van der Waals surface area contributed by atoms with Gasteiger partial charge in [-0.05, 0) is 49.4 Å². The highest BCUT2D eigenvalue weighted by molar-refractivity contribution is 7.10. The Morgan fingerprint density at radius 2 is 2.14 bits per heavy atom. The molecule has 3 aromatic rings. The van der Waals surface area contributed by atoms with Gasteiger partial charge in [-0.25, -0.2) is 4.79 Å². The Labute approximate surface area is 165 Å². The van der Waals surface area contributed by atoms with Gasteiger partial charge in [0, 0.05) is 29.0 Å². The number of nitrogens with zero attached hydrogens (tertiary/aromatic N) is 2. The molecule has 3 heterocycles. The molecule has 2 amide bonds. The van der Waals surface area contributed by atoms with Gasteiger partial charge in [0.15, 0.2) is 0 Å². The minimum atomic E-state index is -0.262. The quantitative estimate of drug-likeness (QED) is 0.711. The van der Waals surface area contributed by atoms with E-state index in [0.29, 0.717) is 23.5 Å². The van der Waals surface area contributed by atoms with Gasteiger partial charge in [-0.1, -0.05) is 6.07 Å². The molecule has 0 atom stereocenters. The summed E-state index contributed by atoms with van der Waals surface area (Å²) in [5, 5.41) is 4.75. The number of rotatable bonds is 4. The third-order valence-corrected chi connectivity index (χ3v) is 5.76. The molecule has 1 aliphatic rings. The summed E-state index contributed by atoms with van der Waals surface area (Å²) >= 11 is 1.59.